The molecule has 0 radical (unpaired) electrons. The Hall–Kier alpha value is -1.95. The molecule has 1 amide bonds. The van der Waals surface area contributed by atoms with Crippen molar-refractivity contribution in [1.82, 2.24) is 4.57 Å². The molecule has 1 heterocycles. The average Bonchev–Trinajstić information content (AvgIpc) is 2.45. The van der Waals surface area contributed by atoms with Gasteiger partial charge in [-0.2, -0.15) is 0 Å². The molecule has 2 aromatic rings. The molecular weight excluding hydrogens is 339 g/mol. The van der Waals surface area contributed by atoms with Crippen molar-refractivity contribution in [3.05, 3.63) is 62.7 Å². The summed E-state index contributed by atoms with van der Waals surface area (Å²) < 4.78 is 15.3. The van der Waals surface area contributed by atoms with Crippen molar-refractivity contribution >= 4 is 27.5 Å². The van der Waals surface area contributed by atoms with Crippen LogP contribution in [0.3, 0.4) is 0 Å². The second-order valence-corrected chi connectivity index (χ2v) is 5.39. The Balaban J connectivity index is 2.21. The van der Waals surface area contributed by atoms with Crippen molar-refractivity contribution in [3.63, 3.8) is 0 Å². The molecule has 1 aromatic heterocycles. The molecule has 110 valence electrons. The van der Waals surface area contributed by atoms with E-state index in [1.807, 2.05) is 6.92 Å². The van der Waals surface area contributed by atoms with E-state index < -0.39 is 11.7 Å². The van der Waals surface area contributed by atoms with Crippen molar-refractivity contribution in [2.75, 3.05) is 5.32 Å². The molecule has 0 unspecified atom stereocenters. The van der Waals surface area contributed by atoms with Gasteiger partial charge < -0.3 is 9.88 Å². The number of halogens is 2. The van der Waals surface area contributed by atoms with Gasteiger partial charge >= 0.3 is 0 Å². The molecule has 0 bridgehead atoms. The molecule has 21 heavy (non-hydrogen) atoms. The van der Waals surface area contributed by atoms with Crippen molar-refractivity contribution in [1.29, 1.82) is 0 Å². The molecule has 0 aliphatic carbocycles. The fourth-order valence-electron chi connectivity index (χ4n) is 1.86. The number of nitrogens with one attached hydrogen (secondary N) is 1. The number of carbonyl (C=O) groups is 1. The van der Waals surface area contributed by atoms with Gasteiger partial charge in [-0.15, -0.1) is 0 Å². The predicted molar refractivity (Wildman–Crippen MR) is 83.0 cm³/mol. The zero-order valence-corrected chi connectivity index (χ0v) is 13.0. The molecular formula is C15H14BrFN2O2. The van der Waals surface area contributed by atoms with Gasteiger partial charge in [0.05, 0.1) is 10.2 Å². The lowest BCUT2D eigenvalue weighted by Gasteiger charge is -2.09. The number of aryl methyl sites for hydroxylation is 1. The Morgan fingerprint density at radius 3 is 2.76 bits per heavy atom. The molecule has 0 aliphatic heterocycles. The van der Waals surface area contributed by atoms with E-state index >= 15 is 0 Å². The quantitative estimate of drug-likeness (QED) is 0.916. The largest absolute Gasteiger partial charge is 0.321 e. The second-order valence-electron chi connectivity index (χ2n) is 4.53. The van der Waals surface area contributed by atoms with Gasteiger partial charge in [-0.05, 0) is 46.6 Å². The molecule has 0 atom stereocenters. The predicted octanol–water partition coefficient (Wildman–Crippen LogP) is 3.41. The fraction of sp³-hybridized carbons (Fsp3) is 0.200. The van der Waals surface area contributed by atoms with Gasteiger partial charge in [0.2, 0.25) is 0 Å². The summed E-state index contributed by atoms with van der Waals surface area (Å²) in [5.74, 6) is -0.929. The summed E-state index contributed by atoms with van der Waals surface area (Å²) in [5, 5.41) is 2.65. The number of rotatable bonds is 4. The highest BCUT2D eigenvalue weighted by Gasteiger charge is 2.09. The van der Waals surface area contributed by atoms with Crippen LogP contribution in [-0.2, 0) is 6.54 Å². The van der Waals surface area contributed by atoms with E-state index in [1.165, 1.54) is 28.8 Å². The van der Waals surface area contributed by atoms with Crippen LogP contribution in [0.5, 0.6) is 0 Å². The van der Waals surface area contributed by atoms with Gasteiger partial charge in [0.1, 0.15) is 5.82 Å². The molecule has 0 fully saturated rings. The number of hydrogen-bond acceptors (Lipinski definition) is 2. The Morgan fingerprint density at radius 1 is 1.33 bits per heavy atom. The molecule has 4 nitrogen and oxygen atoms in total. The molecule has 0 spiro atoms. The number of pyridine rings is 1. The number of anilines is 1. The van der Waals surface area contributed by atoms with E-state index in [9.17, 15) is 14.0 Å². The van der Waals surface area contributed by atoms with Crippen LogP contribution >= 0.6 is 15.9 Å². The summed E-state index contributed by atoms with van der Waals surface area (Å²) in [6, 6.07) is 7.07. The standard InChI is InChI=1S/C15H14BrFN2O2/c1-2-7-19-9-11(4-6-14(19)20)18-15(21)10-3-5-12(16)13(17)8-10/h3-6,8-9H,2,7H2,1H3,(H,18,21). The van der Waals surface area contributed by atoms with Crippen molar-refractivity contribution < 1.29 is 9.18 Å². The highest BCUT2D eigenvalue weighted by atomic mass is 79.9. The van der Waals surface area contributed by atoms with Crippen molar-refractivity contribution in [2.24, 2.45) is 0 Å². The van der Waals surface area contributed by atoms with Crippen LogP contribution in [0.25, 0.3) is 0 Å². The SMILES string of the molecule is CCCn1cc(NC(=O)c2ccc(Br)c(F)c2)ccc1=O. The maximum atomic E-state index is 13.4. The molecule has 1 N–H and O–H groups in total. The van der Waals surface area contributed by atoms with Crippen LogP contribution in [0, 0.1) is 5.82 Å². The number of nitrogens with zero attached hydrogens (tertiary/aromatic N) is 1. The maximum absolute atomic E-state index is 13.4. The van der Waals surface area contributed by atoms with Crippen LogP contribution in [0.4, 0.5) is 10.1 Å². The summed E-state index contributed by atoms with van der Waals surface area (Å²) in [4.78, 5) is 23.6. The molecule has 0 saturated carbocycles. The second kappa shape index (κ2) is 6.67. The number of amides is 1. The van der Waals surface area contributed by atoms with E-state index in [0.29, 0.717) is 16.7 Å². The van der Waals surface area contributed by atoms with Gasteiger partial charge in [-0.1, -0.05) is 6.92 Å². The first-order chi connectivity index (χ1) is 10.0. The van der Waals surface area contributed by atoms with E-state index in [2.05, 4.69) is 21.2 Å². The summed E-state index contributed by atoms with van der Waals surface area (Å²) in [6.07, 6.45) is 2.40. The Morgan fingerprint density at radius 2 is 2.10 bits per heavy atom. The minimum absolute atomic E-state index is 0.121. The average molecular weight is 353 g/mol. The smallest absolute Gasteiger partial charge is 0.255 e. The van der Waals surface area contributed by atoms with Gasteiger partial charge in [0.25, 0.3) is 11.5 Å². The first kappa shape index (κ1) is 15.4. The zero-order valence-electron chi connectivity index (χ0n) is 11.4. The summed E-state index contributed by atoms with van der Waals surface area (Å²) >= 11 is 3.04. The first-order valence-corrected chi connectivity index (χ1v) is 7.27. The molecule has 6 heteroatoms. The maximum Gasteiger partial charge on any atom is 0.255 e. The van der Waals surface area contributed by atoms with E-state index in [-0.39, 0.29) is 11.1 Å². The fourth-order valence-corrected chi connectivity index (χ4v) is 2.11. The normalized spacial score (nSPS) is 10.4. The number of carbonyl (C=O) groups excluding carboxylic acids is 1. The summed E-state index contributed by atoms with van der Waals surface area (Å²) in [5.41, 5.74) is 0.588. The lowest BCUT2D eigenvalue weighted by atomic mass is 10.2. The minimum atomic E-state index is -0.501. The Bertz CT molecular complexity index is 728. The van der Waals surface area contributed by atoms with E-state index in [1.54, 1.807) is 6.20 Å². The highest BCUT2D eigenvalue weighted by Crippen LogP contribution is 2.17. The highest BCUT2D eigenvalue weighted by molar-refractivity contribution is 9.10. The van der Waals surface area contributed by atoms with Crippen LogP contribution in [0.1, 0.15) is 23.7 Å². The lowest BCUT2D eigenvalue weighted by Crippen LogP contribution is -2.20. The molecule has 2 rings (SSSR count). The zero-order chi connectivity index (χ0) is 15.4. The van der Waals surface area contributed by atoms with Crippen LogP contribution < -0.4 is 10.9 Å². The summed E-state index contributed by atoms with van der Waals surface area (Å²) in [7, 11) is 0. The Labute approximate surface area is 129 Å². The van der Waals surface area contributed by atoms with Crippen molar-refractivity contribution in [2.45, 2.75) is 19.9 Å². The van der Waals surface area contributed by atoms with Crippen LogP contribution in [-0.4, -0.2) is 10.5 Å². The van der Waals surface area contributed by atoms with Gasteiger partial charge in [-0.25, -0.2) is 4.39 Å². The van der Waals surface area contributed by atoms with Crippen molar-refractivity contribution in [3.8, 4) is 0 Å². The minimum Gasteiger partial charge on any atom is -0.321 e. The molecule has 1 aromatic carbocycles. The number of hydrogen-bond donors (Lipinski definition) is 1. The third-order valence-corrected chi connectivity index (χ3v) is 3.53. The van der Waals surface area contributed by atoms with Gasteiger partial charge in [0.15, 0.2) is 0 Å². The third-order valence-electron chi connectivity index (χ3n) is 2.89. The third kappa shape index (κ3) is 3.78. The van der Waals surface area contributed by atoms with Crippen LogP contribution in [0.2, 0.25) is 0 Å². The van der Waals surface area contributed by atoms with E-state index in [4.69, 9.17) is 0 Å². The lowest BCUT2D eigenvalue weighted by molar-refractivity contribution is 0.102. The monoisotopic (exact) mass is 352 g/mol. The Kier molecular flexibility index (Phi) is 4.90. The topological polar surface area (TPSA) is 51.1 Å². The first-order valence-electron chi connectivity index (χ1n) is 6.48. The summed E-state index contributed by atoms with van der Waals surface area (Å²) in [6.45, 7) is 2.54. The molecule has 0 saturated heterocycles. The van der Waals surface area contributed by atoms with Crippen LogP contribution in [0.15, 0.2) is 45.8 Å². The van der Waals surface area contributed by atoms with Gasteiger partial charge in [0, 0.05) is 24.4 Å². The number of benzene rings is 1. The van der Waals surface area contributed by atoms with Gasteiger partial charge in [-0.3, -0.25) is 9.59 Å². The van der Waals surface area contributed by atoms with E-state index in [0.717, 1.165) is 12.5 Å². The molecule has 0 aliphatic rings. The number of aromatic nitrogens is 1.